The van der Waals surface area contributed by atoms with Crippen LogP contribution in [-0.4, -0.2) is 35.5 Å². The molecule has 0 bridgehead atoms. The number of hydrogen-bond donors (Lipinski definition) is 2. The standard InChI is InChI=1S/C6H8N4O2S/c11-6-8-2-4(12-6)1-7-5-10-9-3-13-5/h3-4H,1-2H2,(H,7,10)(H,8,11)/t4-/m1/s1. The van der Waals surface area contributed by atoms with Gasteiger partial charge >= 0.3 is 6.09 Å². The van der Waals surface area contributed by atoms with E-state index in [1.54, 1.807) is 5.51 Å². The molecule has 0 aliphatic carbocycles. The van der Waals surface area contributed by atoms with Crippen molar-refractivity contribution in [1.82, 2.24) is 15.5 Å². The number of alkyl carbamates (subject to hydrolysis) is 1. The number of carbonyl (C=O) groups is 1. The summed E-state index contributed by atoms with van der Waals surface area (Å²) in [4.78, 5) is 10.6. The summed E-state index contributed by atoms with van der Waals surface area (Å²) in [5, 5.41) is 13.8. The number of nitrogens with zero attached hydrogens (tertiary/aromatic N) is 2. The van der Waals surface area contributed by atoms with Crippen LogP contribution in [0.3, 0.4) is 0 Å². The van der Waals surface area contributed by atoms with Gasteiger partial charge in [-0.15, -0.1) is 10.2 Å². The molecule has 0 spiro atoms. The van der Waals surface area contributed by atoms with E-state index in [-0.39, 0.29) is 12.2 Å². The summed E-state index contributed by atoms with van der Waals surface area (Å²) in [5.41, 5.74) is 1.64. The third kappa shape index (κ3) is 2.05. The Morgan fingerprint density at radius 2 is 2.77 bits per heavy atom. The zero-order valence-electron chi connectivity index (χ0n) is 6.69. The molecule has 1 aliphatic heterocycles. The van der Waals surface area contributed by atoms with Gasteiger partial charge < -0.3 is 15.4 Å². The van der Waals surface area contributed by atoms with Gasteiger partial charge in [0, 0.05) is 0 Å². The number of ether oxygens (including phenoxy) is 1. The second-order valence-corrected chi connectivity index (χ2v) is 3.37. The maximum atomic E-state index is 10.6. The lowest BCUT2D eigenvalue weighted by Crippen LogP contribution is -2.23. The Morgan fingerprint density at radius 1 is 1.85 bits per heavy atom. The second kappa shape index (κ2) is 3.56. The summed E-state index contributed by atoms with van der Waals surface area (Å²) in [6.07, 6.45) is -0.472. The van der Waals surface area contributed by atoms with Crippen LogP contribution in [0, 0.1) is 0 Å². The van der Waals surface area contributed by atoms with Gasteiger partial charge in [-0.2, -0.15) is 0 Å². The van der Waals surface area contributed by atoms with Crippen molar-refractivity contribution in [2.45, 2.75) is 6.10 Å². The summed E-state index contributed by atoms with van der Waals surface area (Å²) in [5.74, 6) is 0. The van der Waals surface area contributed by atoms with Crippen molar-refractivity contribution in [2.24, 2.45) is 0 Å². The van der Waals surface area contributed by atoms with Gasteiger partial charge in [0.25, 0.3) is 0 Å². The Balaban J connectivity index is 1.77. The minimum absolute atomic E-state index is 0.114. The molecule has 70 valence electrons. The second-order valence-electron chi connectivity index (χ2n) is 2.53. The Kier molecular flexibility index (Phi) is 2.26. The third-order valence-electron chi connectivity index (χ3n) is 1.59. The maximum Gasteiger partial charge on any atom is 0.407 e. The van der Waals surface area contributed by atoms with Crippen molar-refractivity contribution in [2.75, 3.05) is 18.4 Å². The van der Waals surface area contributed by atoms with Gasteiger partial charge in [0.05, 0.1) is 13.1 Å². The van der Waals surface area contributed by atoms with Crippen molar-refractivity contribution >= 4 is 22.6 Å². The summed E-state index contributed by atoms with van der Waals surface area (Å²) < 4.78 is 4.90. The lowest BCUT2D eigenvalue weighted by molar-refractivity contribution is 0.145. The third-order valence-corrected chi connectivity index (χ3v) is 2.24. The summed E-state index contributed by atoms with van der Waals surface area (Å²) in [6, 6.07) is 0. The Hall–Kier alpha value is -1.37. The summed E-state index contributed by atoms with van der Waals surface area (Å²) >= 11 is 1.41. The smallest absolute Gasteiger partial charge is 0.407 e. The quantitative estimate of drug-likeness (QED) is 0.721. The van der Waals surface area contributed by atoms with Gasteiger partial charge in [0.1, 0.15) is 11.6 Å². The van der Waals surface area contributed by atoms with Crippen LogP contribution in [0.25, 0.3) is 0 Å². The predicted octanol–water partition coefficient (Wildman–Crippen LogP) is 0.0584. The molecule has 0 unspecified atom stereocenters. The first-order valence-corrected chi connectivity index (χ1v) is 4.67. The number of cyclic esters (lactones) is 1. The fourth-order valence-corrected chi connectivity index (χ4v) is 1.45. The zero-order chi connectivity index (χ0) is 9.10. The molecule has 1 saturated heterocycles. The van der Waals surface area contributed by atoms with Crippen LogP contribution in [0.5, 0.6) is 0 Å². The topological polar surface area (TPSA) is 76.1 Å². The molecule has 1 aromatic heterocycles. The first kappa shape index (κ1) is 8.24. The van der Waals surface area contributed by atoms with Crippen molar-refractivity contribution in [3.63, 3.8) is 0 Å². The van der Waals surface area contributed by atoms with Gasteiger partial charge in [-0.3, -0.25) is 0 Å². The number of amides is 1. The van der Waals surface area contributed by atoms with Crippen LogP contribution < -0.4 is 10.6 Å². The average Bonchev–Trinajstić information content (AvgIpc) is 2.71. The van der Waals surface area contributed by atoms with Gasteiger partial charge in [-0.05, 0) is 0 Å². The molecule has 6 nitrogen and oxygen atoms in total. The van der Waals surface area contributed by atoms with E-state index in [0.717, 1.165) is 5.13 Å². The predicted molar refractivity (Wildman–Crippen MR) is 46.7 cm³/mol. The van der Waals surface area contributed by atoms with Gasteiger partial charge in [0.15, 0.2) is 0 Å². The van der Waals surface area contributed by atoms with Crippen LogP contribution >= 0.6 is 11.3 Å². The highest BCUT2D eigenvalue weighted by Gasteiger charge is 2.21. The number of nitrogens with one attached hydrogen (secondary N) is 2. The minimum Gasteiger partial charge on any atom is -0.442 e. The van der Waals surface area contributed by atoms with E-state index in [1.165, 1.54) is 11.3 Å². The largest absolute Gasteiger partial charge is 0.442 e. The molecule has 0 aromatic carbocycles. The van der Waals surface area contributed by atoms with Crippen LogP contribution in [0.4, 0.5) is 9.93 Å². The molecular weight excluding hydrogens is 192 g/mol. The molecule has 1 fully saturated rings. The van der Waals surface area contributed by atoms with Gasteiger partial charge in [0.2, 0.25) is 5.13 Å². The van der Waals surface area contributed by atoms with Crippen molar-refractivity contribution in [3.8, 4) is 0 Å². The molecule has 7 heteroatoms. The lowest BCUT2D eigenvalue weighted by Gasteiger charge is -2.06. The number of hydrogen-bond acceptors (Lipinski definition) is 6. The molecule has 2 N–H and O–H groups in total. The van der Waals surface area contributed by atoms with Crippen molar-refractivity contribution < 1.29 is 9.53 Å². The van der Waals surface area contributed by atoms with Gasteiger partial charge in [-0.1, -0.05) is 11.3 Å². The summed E-state index contributed by atoms with van der Waals surface area (Å²) in [7, 11) is 0. The highest BCUT2D eigenvalue weighted by atomic mass is 32.1. The Bertz CT molecular complexity index is 289. The molecule has 1 atom stereocenters. The zero-order valence-corrected chi connectivity index (χ0v) is 7.50. The molecule has 2 rings (SSSR count). The summed E-state index contributed by atoms with van der Waals surface area (Å²) in [6.45, 7) is 1.11. The normalized spacial score (nSPS) is 20.9. The molecule has 1 aliphatic rings. The maximum absolute atomic E-state index is 10.6. The minimum atomic E-state index is -0.357. The molecule has 1 aromatic rings. The van der Waals surface area contributed by atoms with Crippen LogP contribution in [-0.2, 0) is 4.74 Å². The monoisotopic (exact) mass is 200 g/mol. The highest BCUT2D eigenvalue weighted by molar-refractivity contribution is 7.13. The average molecular weight is 200 g/mol. The fourth-order valence-electron chi connectivity index (χ4n) is 0.997. The van der Waals surface area contributed by atoms with Crippen LogP contribution in [0.15, 0.2) is 5.51 Å². The number of rotatable bonds is 3. The van der Waals surface area contributed by atoms with E-state index < -0.39 is 0 Å². The van der Waals surface area contributed by atoms with Crippen molar-refractivity contribution in [1.29, 1.82) is 0 Å². The Labute approximate surface area is 78.3 Å². The Morgan fingerprint density at radius 3 is 3.38 bits per heavy atom. The molecule has 2 heterocycles. The fraction of sp³-hybridized carbons (Fsp3) is 0.500. The van der Waals surface area contributed by atoms with E-state index in [1.807, 2.05) is 0 Å². The number of aromatic nitrogens is 2. The van der Waals surface area contributed by atoms with Crippen LogP contribution in [0.1, 0.15) is 0 Å². The van der Waals surface area contributed by atoms with Crippen LogP contribution in [0.2, 0.25) is 0 Å². The van der Waals surface area contributed by atoms with E-state index in [9.17, 15) is 4.79 Å². The van der Waals surface area contributed by atoms with Gasteiger partial charge in [-0.25, -0.2) is 4.79 Å². The molecule has 0 radical (unpaired) electrons. The molecule has 1 amide bonds. The first-order chi connectivity index (χ1) is 6.34. The highest BCUT2D eigenvalue weighted by Crippen LogP contribution is 2.09. The van der Waals surface area contributed by atoms with E-state index in [0.29, 0.717) is 13.1 Å². The lowest BCUT2D eigenvalue weighted by atomic mass is 10.4. The SMILES string of the molecule is O=C1NC[C@@H](CNc2nncs2)O1. The van der Waals surface area contributed by atoms with Crippen molar-refractivity contribution in [3.05, 3.63) is 5.51 Å². The molecule has 13 heavy (non-hydrogen) atoms. The van der Waals surface area contributed by atoms with E-state index in [2.05, 4.69) is 20.8 Å². The molecule has 0 saturated carbocycles. The number of anilines is 1. The van der Waals surface area contributed by atoms with E-state index >= 15 is 0 Å². The molecular formula is C6H8N4O2S. The first-order valence-electron chi connectivity index (χ1n) is 3.79. The van der Waals surface area contributed by atoms with E-state index in [4.69, 9.17) is 4.74 Å². The number of carbonyl (C=O) groups excluding carboxylic acids is 1.